The molecule has 16 heteroatoms. The zero-order chi connectivity index (χ0) is 26.0. The number of hydrogen-bond acceptors (Lipinski definition) is 5. The lowest BCUT2D eigenvalue weighted by atomic mass is 10.2. The van der Waals surface area contributed by atoms with E-state index in [1.165, 1.54) is 0 Å². The second-order valence-electron chi connectivity index (χ2n) is 7.25. The number of nitrogens with one attached hydrogen (secondary N) is 1. The summed E-state index contributed by atoms with van der Waals surface area (Å²) < 4.78 is 122. The monoisotopic (exact) mass is 518 g/mol. The molecular weight excluding hydrogens is 503 g/mol. The van der Waals surface area contributed by atoms with Gasteiger partial charge in [-0.2, -0.15) is 49.5 Å². The van der Waals surface area contributed by atoms with Crippen molar-refractivity contribution in [2.45, 2.75) is 37.4 Å². The Morgan fingerprint density at radius 1 is 0.886 bits per heavy atom. The number of ether oxygens (including phenoxy) is 2. The van der Waals surface area contributed by atoms with E-state index in [0.717, 1.165) is 29.2 Å². The van der Waals surface area contributed by atoms with Crippen molar-refractivity contribution >= 4 is 17.7 Å². The van der Waals surface area contributed by atoms with Crippen molar-refractivity contribution in [2.24, 2.45) is 0 Å². The van der Waals surface area contributed by atoms with E-state index in [-0.39, 0.29) is 5.69 Å². The average molecular weight is 518 g/mol. The molecule has 1 aromatic heterocycles. The average Bonchev–Trinajstić information content (AvgIpc) is 3.54. The molecule has 0 aliphatic heterocycles. The molecular formula is C19H15F9N4O3. The first-order valence-corrected chi connectivity index (χ1v) is 9.66. The highest BCUT2D eigenvalue weighted by Crippen LogP contribution is 2.35. The first-order valence-electron chi connectivity index (χ1n) is 9.66. The third kappa shape index (κ3) is 8.06. The van der Waals surface area contributed by atoms with Crippen molar-refractivity contribution in [1.82, 2.24) is 9.97 Å². The fraction of sp³-hybridized carbons (Fsp3) is 0.421. The molecule has 1 aliphatic rings. The molecule has 1 heterocycles. The highest BCUT2D eigenvalue weighted by atomic mass is 19.4. The van der Waals surface area contributed by atoms with E-state index in [1.807, 2.05) is 0 Å². The van der Waals surface area contributed by atoms with Gasteiger partial charge in [-0.1, -0.05) is 0 Å². The maximum Gasteiger partial charge on any atom is 0.422 e. The van der Waals surface area contributed by atoms with Crippen molar-refractivity contribution in [1.29, 1.82) is 0 Å². The molecule has 1 aromatic carbocycles. The fourth-order valence-corrected chi connectivity index (χ4v) is 2.71. The molecule has 0 saturated heterocycles. The van der Waals surface area contributed by atoms with Crippen LogP contribution in [-0.2, 0) is 6.18 Å². The maximum atomic E-state index is 12.8. The number of nitrogens with zero attached hydrogens (tertiary/aromatic N) is 3. The smallest absolute Gasteiger partial charge is 0.422 e. The van der Waals surface area contributed by atoms with Gasteiger partial charge in [0.05, 0.1) is 11.6 Å². The lowest BCUT2D eigenvalue weighted by Gasteiger charge is -2.23. The Morgan fingerprint density at radius 2 is 1.37 bits per heavy atom. The maximum absolute atomic E-state index is 12.8. The third-order valence-electron chi connectivity index (χ3n) is 4.27. The number of alkyl halides is 9. The highest BCUT2D eigenvalue weighted by Gasteiger charge is 2.36. The number of carbonyl (C=O) groups is 1. The van der Waals surface area contributed by atoms with Crippen LogP contribution in [0, 0.1) is 0 Å². The quantitative estimate of drug-likeness (QED) is 0.485. The summed E-state index contributed by atoms with van der Waals surface area (Å²) >= 11 is 0. The van der Waals surface area contributed by atoms with Crippen LogP contribution in [0.5, 0.6) is 11.8 Å². The van der Waals surface area contributed by atoms with Gasteiger partial charge in [-0.3, -0.25) is 10.2 Å². The van der Waals surface area contributed by atoms with Crippen molar-refractivity contribution in [2.75, 3.05) is 23.4 Å². The number of carbonyl (C=O) groups excluding carboxylic acids is 1. The molecule has 0 bridgehead atoms. The summed E-state index contributed by atoms with van der Waals surface area (Å²) in [5.74, 6) is -2.42. The van der Waals surface area contributed by atoms with E-state index in [2.05, 4.69) is 24.8 Å². The molecule has 7 nitrogen and oxygen atoms in total. The number of rotatable bonds is 7. The van der Waals surface area contributed by atoms with Crippen LogP contribution in [-0.4, -0.2) is 47.6 Å². The van der Waals surface area contributed by atoms with E-state index in [4.69, 9.17) is 0 Å². The summed E-state index contributed by atoms with van der Waals surface area (Å²) in [7, 11) is 0. The number of urea groups is 1. The van der Waals surface area contributed by atoms with Crippen LogP contribution in [0.2, 0.25) is 0 Å². The number of benzene rings is 1. The summed E-state index contributed by atoms with van der Waals surface area (Å²) in [4.78, 5) is 20.9. The van der Waals surface area contributed by atoms with Crippen LogP contribution >= 0.6 is 0 Å². The minimum absolute atomic E-state index is 0.0658. The molecule has 0 spiro atoms. The normalized spacial score (nSPS) is 14.4. The van der Waals surface area contributed by atoms with Crippen molar-refractivity contribution in [3.63, 3.8) is 0 Å². The summed E-state index contributed by atoms with van der Waals surface area (Å²) in [6.45, 7) is -3.67. The zero-order valence-electron chi connectivity index (χ0n) is 17.3. The van der Waals surface area contributed by atoms with Gasteiger partial charge >= 0.3 is 24.6 Å². The van der Waals surface area contributed by atoms with E-state index in [0.29, 0.717) is 18.9 Å². The van der Waals surface area contributed by atoms with Gasteiger partial charge in [0.1, 0.15) is 0 Å². The van der Waals surface area contributed by atoms with Crippen molar-refractivity contribution in [3.05, 3.63) is 35.9 Å². The van der Waals surface area contributed by atoms with Gasteiger partial charge in [0.2, 0.25) is 17.7 Å². The lowest BCUT2D eigenvalue weighted by Crippen LogP contribution is -2.37. The molecule has 1 N–H and O–H groups in total. The van der Waals surface area contributed by atoms with Gasteiger partial charge in [-0.05, 0) is 37.1 Å². The Kier molecular flexibility index (Phi) is 7.21. The summed E-state index contributed by atoms with van der Waals surface area (Å²) in [6, 6.07) is 2.78. The Balaban J connectivity index is 1.83. The first-order chi connectivity index (χ1) is 16.1. The van der Waals surface area contributed by atoms with Crippen LogP contribution in [0.3, 0.4) is 0 Å². The predicted octanol–water partition coefficient (Wildman–Crippen LogP) is 5.58. The molecule has 1 fully saturated rings. The molecule has 35 heavy (non-hydrogen) atoms. The van der Waals surface area contributed by atoms with Gasteiger partial charge in [0.25, 0.3) is 0 Å². The molecule has 3 rings (SSSR count). The second-order valence-corrected chi connectivity index (χ2v) is 7.25. The Labute approximate surface area is 190 Å². The van der Waals surface area contributed by atoms with E-state index < -0.39 is 67.1 Å². The van der Waals surface area contributed by atoms with Gasteiger partial charge in [0.15, 0.2) is 13.2 Å². The zero-order valence-corrected chi connectivity index (χ0v) is 17.3. The van der Waals surface area contributed by atoms with E-state index in [9.17, 15) is 44.3 Å². The van der Waals surface area contributed by atoms with E-state index in [1.54, 1.807) is 0 Å². The number of amides is 2. The van der Waals surface area contributed by atoms with Crippen LogP contribution in [0.25, 0.3) is 0 Å². The Bertz CT molecular complexity index is 1000. The van der Waals surface area contributed by atoms with Gasteiger partial charge in [-0.25, -0.2) is 4.79 Å². The standard InChI is InChI=1S/C19H15F9N4O3/c20-17(21,22)8-34-13-7-14(35-9-18(23,24)25)30-15(29-13)31-16(33)32(12-5-6-12)11-3-1-10(2-4-11)19(26,27)28/h1-4,7,12H,5-6,8-9H2,(H,29,30,31,33). The van der Waals surface area contributed by atoms with Crippen LogP contribution < -0.4 is 19.7 Å². The van der Waals surface area contributed by atoms with E-state index >= 15 is 0 Å². The predicted molar refractivity (Wildman–Crippen MR) is 101 cm³/mol. The van der Waals surface area contributed by atoms with Gasteiger partial charge in [-0.15, -0.1) is 0 Å². The molecule has 2 aromatic rings. The molecule has 0 atom stereocenters. The summed E-state index contributed by atoms with van der Waals surface area (Å²) in [5.41, 5.74) is -0.891. The molecule has 0 radical (unpaired) electrons. The molecule has 0 unspecified atom stereocenters. The minimum atomic E-state index is -4.80. The topological polar surface area (TPSA) is 76.6 Å². The number of hydrogen-bond donors (Lipinski definition) is 1. The second kappa shape index (κ2) is 9.65. The number of anilines is 2. The van der Waals surface area contributed by atoms with Gasteiger partial charge < -0.3 is 9.47 Å². The van der Waals surface area contributed by atoms with Crippen LogP contribution in [0.15, 0.2) is 30.3 Å². The number of aromatic nitrogens is 2. The largest absolute Gasteiger partial charge is 0.468 e. The number of halogens is 9. The SMILES string of the molecule is O=C(Nc1nc(OCC(F)(F)F)cc(OCC(F)(F)F)n1)N(c1ccc(C(F)(F)F)cc1)C1CC1. The van der Waals surface area contributed by atoms with Crippen molar-refractivity contribution < 1.29 is 53.8 Å². The molecule has 2 amide bonds. The van der Waals surface area contributed by atoms with Gasteiger partial charge in [0, 0.05) is 11.7 Å². The Morgan fingerprint density at radius 3 is 1.77 bits per heavy atom. The summed E-state index contributed by atoms with van der Waals surface area (Å²) in [6.07, 6.45) is -13.2. The lowest BCUT2D eigenvalue weighted by molar-refractivity contribution is -0.154. The third-order valence-corrected chi connectivity index (χ3v) is 4.27. The first kappa shape index (κ1) is 26.2. The fourth-order valence-electron chi connectivity index (χ4n) is 2.71. The summed E-state index contributed by atoms with van der Waals surface area (Å²) in [5, 5.41) is 2.10. The molecule has 1 aliphatic carbocycles. The minimum Gasteiger partial charge on any atom is -0.468 e. The van der Waals surface area contributed by atoms with Crippen molar-refractivity contribution in [3.8, 4) is 11.8 Å². The Hall–Kier alpha value is -3.46. The highest BCUT2D eigenvalue weighted by molar-refractivity contribution is 6.01. The van der Waals surface area contributed by atoms with Crippen LogP contribution in [0.1, 0.15) is 18.4 Å². The molecule has 1 saturated carbocycles. The molecule has 192 valence electrons. The van der Waals surface area contributed by atoms with Crippen LogP contribution in [0.4, 0.5) is 55.9 Å².